The molecule has 0 saturated heterocycles. The van der Waals surface area contributed by atoms with Crippen LogP contribution in [-0.4, -0.2) is 31.8 Å². The van der Waals surface area contributed by atoms with E-state index in [-0.39, 0.29) is 19.0 Å². The largest absolute Gasteiger partial charge is 0.491 e. The number of rotatable bonds is 7. The van der Waals surface area contributed by atoms with Crippen molar-refractivity contribution in [3.8, 4) is 5.75 Å². The van der Waals surface area contributed by atoms with Crippen LogP contribution in [0.2, 0.25) is 0 Å². The van der Waals surface area contributed by atoms with E-state index in [2.05, 4.69) is 4.74 Å². The average Bonchev–Trinajstić information content (AvgIpc) is 2.37. The number of halogens is 3. The second-order valence-corrected chi connectivity index (χ2v) is 3.82. The van der Waals surface area contributed by atoms with Crippen molar-refractivity contribution >= 4 is 5.78 Å². The van der Waals surface area contributed by atoms with Gasteiger partial charge in [-0.05, 0) is 24.3 Å². The van der Waals surface area contributed by atoms with E-state index >= 15 is 0 Å². The summed E-state index contributed by atoms with van der Waals surface area (Å²) in [6.07, 6.45) is -3.90. The fourth-order valence-corrected chi connectivity index (χ4v) is 1.35. The molecule has 0 radical (unpaired) electrons. The van der Waals surface area contributed by atoms with Crippen LogP contribution in [-0.2, 0) is 4.74 Å². The molecule has 1 aromatic carbocycles. The molecule has 0 aromatic heterocycles. The zero-order valence-corrected chi connectivity index (χ0v) is 10.5. The number of Topliss-reactive ketones (excluding diaryl/α,β-unsaturated/α-hetero) is 1. The molecule has 1 aromatic rings. The predicted octanol–water partition coefficient (Wildman–Crippen LogP) is 3.24. The van der Waals surface area contributed by atoms with Crippen LogP contribution in [0.1, 0.15) is 23.7 Å². The lowest BCUT2D eigenvalue weighted by Gasteiger charge is -2.09. The lowest BCUT2D eigenvalue weighted by atomic mass is 10.1. The Morgan fingerprint density at radius 3 is 2.32 bits per heavy atom. The van der Waals surface area contributed by atoms with Gasteiger partial charge in [0.05, 0.1) is 6.61 Å². The summed E-state index contributed by atoms with van der Waals surface area (Å²) in [7, 11) is 0. The Morgan fingerprint density at radius 1 is 1.16 bits per heavy atom. The Morgan fingerprint density at radius 2 is 1.79 bits per heavy atom. The van der Waals surface area contributed by atoms with Gasteiger partial charge in [0, 0.05) is 12.0 Å². The van der Waals surface area contributed by atoms with Crippen molar-refractivity contribution in [1.82, 2.24) is 0 Å². The Hall–Kier alpha value is -1.56. The van der Waals surface area contributed by atoms with Gasteiger partial charge in [0.1, 0.15) is 19.0 Å². The monoisotopic (exact) mass is 276 g/mol. The van der Waals surface area contributed by atoms with Gasteiger partial charge in [0.2, 0.25) is 0 Å². The standard InChI is InChI=1S/C13H15F3O3/c1-2-12(17)10-3-5-11(6-4-10)19-8-7-18-9-13(14,15)16/h3-6H,2,7-9H2,1H3. The van der Waals surface area contributed by atoms with Crippen molar-refractivity contribution in [2.45, 2.75) is 19.5 Å². The molecule has 0 unspecified atom stereocenters. The first kappa shape index (κ1) is 15.5. The molecule has 19 heavy (non-hydrogen) atoms. The van der Waals surface area contributed by atoms with Gasteiger partial charge in [-0.3, -0.25) is 4.79 Å². The molecular weight excluding hydrogens is 261 g/mol. The lowest BCUT2D eigenvalue weighted by Crippen LogP contribution is -2.19. The van der Waals surface area contributed by atoms with Crippen LogP contribution in [0.4, 0.5) is 13.2 Å². The molecule has 0 aliphatic heterocycles. The number of carbonyl (C=O) groups excluding carboxylic acids is 1. The molecule has 0 bridgehead atoms. The van der Waals surface area contributed by atoms with Gasteiger partial charge < -0.3 is 9.47 Å². The molecule has 1 rings (SSSR count). The Kier molecular flexibility index (Phi) is 5.82. The lowest BCUT2D eigenvalue weighted by molar-refractivity contribution is -0.175. The van der Waals surface area contributed by atoms with Gasteiger partial charge in [0.15, 0.2) is 5.78 Å². The zero-order chi connectivity index (χ0) is 14.3. The second kappa shape index (κ2) is 7.13. The third-order valence-corrected chi connectivity index (χ3v) is 2.26. The molecular formula is C13H15F3O3. The Balaban J connectivity index is 2.29. The van der Waals surface area contributed by atoms with Crippen molar-refractivity contribution in [2.24, 2.45) is 0 Å². The smallest absolute Gasteiger partial charge is 0.411 e. The molecule has 3 nitrogen and oxygen atoms in total. The van der Waals surface area contributed by atoms with Crippen molar-refractivity contribution < 1.29 is 27.4 Å². The van der Waals surface area contributed by atoms with E-state index in [9.17, 15) is 18.0 Å². The van der Waals surface area contributed by atoms with E-state index in [1.165, 1.54) is 0 Å². The maximum absolute atomic E-state index is 11.8. The minimum Gasteiger partial charge on any atom is -0.491 e. The summed E-state index contributed by atoms with van der Waals surface area (Å²) >= 11 is 0. The van der Waals surface area contributed by atoms with Gasteiger partial charge in [-0.1, -0.05) is 6.92 Å². The van der Waals surface area contributed by atoms with E-state index < -0.39 is 12.8 Å². The van der Waals surface area contributed by atoms with E-state index in [1.807, 2.05) is 0 Å². The molecule has 0 aliphatic rings. The Bertz CT molecular complexity index is 399. The Labute approximate surface area is 109 Å². The molecule has 0 atom stereocenters. The molecule has 0 heterocycles. The second-order valence-electron chi connectivity index (χ2n) is 3.82. The molecule has 0 N–H and O–H groups in total. The number of alkyl halides is 3. The van der Waals surface area contributed by atoms with E-state index in [0.717, 1.165) is 0 Å². The first-order valence-electron chi connectivity index (χ1n) is 5.83. The highest BCUT2D eigenvalue weighted by molar-refractivity contribution is 5.95. The maximum atomic E-state index is 11.8. The molecule has 0 fully saturated rings. The maximum Gasteiger partial charge on any atom is 0.411 e. The summed E-state index contributed by atoms with van der Waals surface area (Å²) in [5, 5.41) is 0. The van der Waals surface area contributed by atoms with Gasteiger partial charge in [-0.15, -0.1) is 0 Å². The molecule has 0 spiro atoms. The van der Waals surface area contributed by atoms with Crippen LogP contribution in [0.5, 0.6) is 5.75 Å². The highest BCUT2D eigenvalue weighted by Gasteiger charge is 2.27. The molecule has 106 valence electrons. The van der Waals surface area contributed by atoms with Crippen molar-refractivity contribution in [3.05, 3.63) is 29.8 Å². The van der Waals surface area contributed by atoms with Crippen LogP contribution in [0.3, 0.4) is 0 Å². The quantitative estimate of drug-likeness (QED) is 0.566. The number of hydrogen-bond donors (Lipinski definition) is 0. The molecule has 0 aliphatic carbocycles. The minimum absolute atomic E-state index is 0.0250. The van der Waals surface area contributed by atoms with Gasteiger partial charge in [0.25, 0.3) is 0 Å². The number of carbonyl (C=O) groups is 1. The summed E-state index contributed by atoms with van der Waals surface area (Å²) in [6.45, 7) is 0.372. The fraction of sp³-hybridized carbons (Fsp3) is 0.462. The highest BCUT2D eigenvalue weighted by atomic mass is 19.4. The van der Waals surface area contributed by atoms with Gasteiger partial charge in [-0.2, -0.15) is 13.2 Å². The minimum atomic E-state index is -4.32. The average molecular weight is 276 g/mol. The topological polar surface area (TPSA) is 35.5 Å². The van der Waals surface area contributed by atoms with E-state index in [4.69, 9.17) is 4.74 Å². The summed E-state index contributed by atoms with van der Waals surface area (Å²) in [5.74, 6) is 0.517. The van der Waals surface area contributed by atoms with Crippen molar-refractivity contribution in [2.75, 3.05) is 19.8 Å². The summed E-state index contributed by atoms with van der Waals surface area (Å²) < 4.78 is 44.9. The molecule has 0 saturated carbocycles. The van der Waals surface area contributed by atoms with Crippen LogP contribution >= 0.6 is 0 Å². The van der Waals surface area contributed by atoms with Crippen LogP contribution in [0, 0.1) is 0 Å². The summed E-state index contributed by atoms with van der Waals surface area (Å²) in [4.78, 5) is 11.4. The zero-order valence-electron chi connectivity index (χ0n) is 10.5. The third kappa shape index (κ3) is 6.24. The SMILES string of the molecule is CCC(=O)c1ccc(OCCOCC(F)(F)F)cc1. The van der Waals surface area contributed by atoms with Crippen LogP contribution in [0.25, 0.3) is 0 Å². The predicted molar refractivity (Wildman–Crippen MR) is 63.4 cm³/mol. The van der Waals surface area contributed by atoms with Gasteiger partial charge in [-0.25, -0.2) is 0 Å². The number of ether oxygens (including phenoxy) is 2. The third-order valence-electron chi connectivity index (χ3n) is 2.26. The van der Waals surface area contributed by atoms with Gasteiger partial charge >= 0.3 is 6.18 Å². The van der Waals surface area contributed by atoms with E-state index in [1.54, 1.807) is 31.2 Å². The normalized spacial score (nSPS) is 11.4. The number of ketones is 1. The van der Waals surface area contributed by atoms with Crippen LogP contribution in [0.15, 0.2) is 24.3 Å². The fourth-order valence-electron chi connectivity index (χ4n) is 1.35. The van der Waals surface area contributed by atoms with Crippen molar-refractivity contribution in [1.29, 1.82) is 0 Å². The molecule has 0 amide bonds. The number of hydrogen-bond acceptors (Lipinski definition) is 3. The summed E-state index contributed by atoms with van der Waals surface area (Å²) in [6, 6.07) is 6.45. The highest BCUT2D eigenvalue weighted by Crippen LogP contribution is 2.15. The number of benzene rings is 1. The van der Waals surface area contributed by atoms with Crippen molar-refractivity contribution in [3.63, 3.8) is 0 Å². The molecule has 6 heteroatoms. The first-order chi connectivity index (χ1) is 8.92. The summed E-state index contributed by atoms with van der Waals surface area (Å²) in [5.41, 5.74) is 0.586. The van der Waals surface area contributed by atoms with Crippen LogP contribution < -0.4 is 4.74 Å². The van der Waals surface area contributed by atoms with E-state index in [0.29, 0.717) is 17.7 Å². The first-order valence-corrected chi connectivity index (χ1v) is 5.83.